The summed E-state index contributed by atoms with van der Waals surface area (Å²) in [5, 5.41) is 39.0. The van der Waals surface area contributed by atoms with Gasteiger partial charge in [-0.05, 0) is 23.3 Å². The monoisotopic (exact) mass is 343 g/mol. The molecule has 1 fully saturated rings. The first-order valence-electron chi connectivity index (χ1n) is 8.14. The Bertz CT molecular complexity index is 718. The quantitative estimate of drug-likeness (QED) is 0.640. The van der Waals surface area contributed by atoms with Crippen LogP contribution < -0.4 is 0 Å². The van der Waals surface area contributed by atoms with Crippen LogP contribution in [-0.2, 0) is 0 Å². The van der Waals surface area contributed by atoms with Gasteiger partial charge in [-0.25, -0.2) is 0 Å². The van der Waals surface area contributed by atoms with Crippen LogP contribution in [0.1, 0.15) is 10.4 Å². The first kappa shape index (κ1) is 17.6. The van der Waals surface area contributed by atoms with Gasteiger partial charge < -0.3 is 25.3 Å². The van der Waals surface area contributed by atoms with Crippen LogP contribution in [-0.4, -0.2) is 68.7 Å². The number of carbonyl (C=O) groups excluding carboxylic acids is 1. The Hall–Kier alpha value is -2.25. The Morgan fingerprint density at radius 3 is 2.12 bits per heavy atom. The van der Waals surface area contributed by atoms with Crippen LogP contribution in [0.5, 0.6) is 0 Å². The van der Waals surface area contributed by atoms with Gasteiger partial charge in [0.05, 0.1) is 19.2 Å². The van der Waals surface area contributed by atoms with Crippen LogP contribution in [0, 0.1) is 0 Å². The summed E-state index contributed by atoms with van der Waals surface area (Å²) in [4.78, 5) is 13.9. The zero-order chi connectivity index (χ0) is 18.0. The third kappa shape index (κ3) is 3.43. The summed E-state index contributed by atoms with van der Waals surface area (Å²) in [6.45, 7) is -0.651. The first-order valence-corrected chi connectivity index (χ1v) is 8.14. The molecule has 1 aliphatic rings. The number of hydrogen-bond donors (Lipinski definition) is 4. The Morgan fingerprint density at radius 2 is 1.52 bits per heavy atom. The average Bonchev–Trinajstić information content (AvgIpc) is 2.66. The van der Waals surface area contributed by atoms with Crippen LogP contribution in [0.15, 0.2) is 54.6 Å². The second kappa shape index (κ2) is 7.33. The van der Waals surface area contributed by atoms with Crippen molar-refractivity contribution in [2.75, 3.05) is 13.2 Å². The van der Waals surface area contributed by atoms with Crippen molar-refractivity contribution in [1.82, 2.24) is 4.90 Å². The molecule has 0 bridgehead atoms. The van der Waals surface area contributed by atoms with Gasteiger partial charge in [-0.2, -0.15) is 0 Å². The van der Waals surface area contributed by atoms with Crippen molar-refractivity contribution in [3.8, 4) is 11.1 Å². The van der Waals surface area contributed by atoms with Gasteiger partial charge in [-0.15, -0.1) is 0 Å². The minimum Gasteiger partial charge on any atom is -0.394 e. The third-order valence-electron chi connectivity index (χ3n) is 4.61. The number of likely N-dealkylation sites (tertiary alicyclic amines) is 1. The zero-order valence-electron chi connectivity index (χ0n) is 13.6. The number of nitrogens with zero attached hydrogens (tertiary/aromatic N) is 1. The molecule has 6 nitrogen and oxygen atoms in total. The predicted octanol–water partition coefficient (Wildman–Crippen LogP) is 0.253. The Balaban J connectivity index is 1.82. The lowest BCUT2D eigenvalue weighted by Gasteiger charge is -2.43. The van der Waals surface area contributed by atoms with E-state index in [4.69, 9.17) is 0 Å². The second-order valence-corrected chi connectivity index (χ2v) is 6.20. The molecule has 2 aromatic rings. The summed E-state index contributed by atoms with van der Waals surface area (Å²) in [7, 11) is 0. The molecule has 1 amide bonds. The highest BCUT2D eigenvalue weighted by molar-refractivity contribution is 5.95. The minimum absolute atomic E-state index is 0.150. The highest BCUT2D eigenvalue weighted by atomic mass is 16.4. The smallest absolute Gasteiger partial charge is 0.254 e. The fraction of sp³-hybridized carbons (Fsp3) is 0.316. The van der Waals surface area contributed by atoms with Gasteiger partial charge in [0.25, 0.3) is 5.91 Å². The van der Waals surface area contributed by atoms with Gasteiger partial charge in [0.2, 0.25) is 0 Å². The maximum atomic E-state index is 12.7. The zero-order valence-corrected chi connectivity index (χ0v) is 13.6. The molecule has 2 aromatic carbocycles. The van der Waals surface area contributed by atoms with Crippen molar-refractivity contribution >= 4 is 5.91 Å². The molecule has 6 heteroatoms. The van der Waals surface area contributed by atoms with Crippen molar-refractivity contribution in [2.45, 2.75) is 24.4 Å². The molecule has 0 aromatic heterocycles. The summed E-state index contributed by atoms with van der Waals surface area (Å²) in [6.07, 6.45) is -4.05. The third-order valence-corrected chi connectivity index (χ3v) is 4.61. The normalized spacial score (nSPS) is 26.5. The number of aliphatic hydroxyl groups excluding tert-OH is 4. The fourth-order valence-electron chi connectivity index (χ4n) is 3.13. The molecule has 0 unspecified atom stereocenters. The van der Waals surface area contributed by atoms with Gasteiger partial charge in [0, 0.05) is 5.56 Å². The van der Waals surface area contributed by atoms with E-state index < -0.39 is 36.9 Å². The van der Waals surface area contributed by atoms with Gasteiger partial charge >= 0.3 is 0 Å². The number of piperidine rings is 1. The summed E-state index contributed by atoms with van der Waals surface area (Å²) >= 11 is 0. The van der Waals surface area contributed by atoms with Crippen LogP contribution in [0.2, 0.25) is 0 Å². The Morgan fingerprint density at radius 1 is 0.920 bits per heavy atom. The van der Waals surface area contributed by atoms with Crippen LogP contribution >= 0.6 is 0 Å². The summed E-state index contributed by atoms with van der Waals surface area (Å²) in [6, 6.07) is 15.8. The molecule has 0 saturated carbocycles. The van der Waals surface area contributed by atoms with E-state index in [1.165, 1.54) is 4.90 Å². The lowest BCUT2D eigenvalue weighted by molar-refractivity contribution is -0.134. The summed E-state index contributed by atoms with van der Waals surface area (Å²) in [5.74, 6) is -0.413. The van der Waals surface area contributed by atoms with E-state index in [1.54, 1.807) is 12.1 Å². The molecule has 0 radical (unpaired) electrons. The van der Waals surface area contributed by atoms with E-state index in [9.17, 15) is 25.2 Å². The second-order valence-electron chi connectivity index (χ2n) is 6.20. The molecule has 4 atom stereocenters. The van der Waals surface area contributed by atoms with Gasteiger partial charge in [-0.3, -0.25) is 4.79 Å². The average molecular weight is 343 g/mol. The van der Waals surface area contributed by atoms with Crippen molar-refractivity contribution in [1.29, 1.82) is 0 Å². The van der Waals surface area contributed by atoms with E-state index in [1.807, 2.05) is 42.5 Å². The number of β-amino-alcohol motifs (C(OH)–C–C–N with tert-alkyl or cyclic N) is 1. The Labute approximate surface area is 145 Å². The molecule has 0 spiro atoms. The maximum absolute atomic E-state index is 12.7. The molecule has 1 aliphatic heterocycles. The van der Waals surface area contributed by atoms with E-state index >= 15 is 0 Å². The summed E-state index contributed by atoms with van der Waals surface area (Å²) in [5.41, 5.74) is 2.38. The van der Waals surface area contributed by atoms with Crippen LogP contribution in [0.3, 0.4) is 0 Å². The molecule has 0 aliphatic carbocycles. The predicted molar refractivity (Wildman–Crippen MR) is 91.8 cm³/mol. The number of hydrogen-bond acceptors (Lipinski definition) is 5. The molecule has 1 heterocycles. The van der Waals surface area contributed by atoms with Gasteiger partial charge in [-0.1, -0.05) is 42.5 Å². The van der Waals surface area contributed by atoms with E-state index in [0.717, 1.165) is 11.1 Å². The van der Waals surface area contributed by atoms with E-state index in [-0.39, 0.29) is 6.54 Å². The van der Waals surface area contributed by atoms with Gasteiger partial charge in [0.1, 0.15) is 18.3 Å². The number of rotatable bonds is 3. The largest absolute Gasteiger partial charge is 0.394 e. The highest BCUT2D eigenvalue weighted by Crippen LogP contribution is 2.23. The molecule has 25 heavy (non-hydrogen) atoms. The van der Waals surface area contributed by atoms with E-state index in [0.29, 0.717) is 5.56 Å². The number of aliphatic hydroxyl groups is 4. The first-order chi connectivity index (χ1) is 12.0. The molecule has 132 valence electrons. The van der Waals surface area contributed by atoms with Crippen molar-refractivity contribution in [3.05, 3.63) is 60.2 Å². The SMILES string of the molecule is O=C(c1ccc(-c2ccccc2)cc1)N1C[C@H](O)[C@@H](O)[C@H](O)[C@H]1CO. The molecular weight excluding hydrogens is 322 g/mol. The summed E-state index contributed by atoms with van der Waals surface area (Å²) < 4.78 is 0. The molecule has 3 rings (SSSR count). The number of amides is 1. The lowest BCUT2D eigenvalue weighted by Crippen LogP contribution is -2.63. The molecular formula is C19H21NO5. The minimum atomic E-state index is -1.40. The standard InChI is InChI=1S/C19H21NO5/c21-11-15-17(23)18(24)16(22)10-20(15)19(25)14-8-6-13(7-9-14)12-4-2-1-3-5-12/h1-9,15-18,21-24H,10-11H2/t15-,16+,17-,18-/m1/s1. The van der Waals surface area contributed by atoms with E-state index in [2.05, 4.69) is 0 Å². The lowest BCUT2D eigenvalue weighted by atomic mass is 9.93. The van der Waals surface area contributed by atoms with Crippen molar-refractivity contribution < 1.29 is 25.2 Å². The topological polar surface area (TPSA) is 101 Å². The molecule has 1 saturated heterocycles. The van der Waals surface area contributed by atoms with Crippen molar-refractivity contribution in [2.24, 2.45) is 0 Å². The Kier molecular flexibility index (Phi) is 5.15. The van der Waals surface area contributed by atoms with Crippen LogP contribution in [0.4, 0.5) is 0 Å². The number of carbonyl (C=O) groups is 1. The maximum Gasteiger partial charge on any atom is 0.254 e. The van der Waals surface area contributed by atoms with Crippen molar-refractivity contribution in [3.63, 3.8) is 0 Å². The van der Waals surface area contributed by atoms with Crippen LogP contribution in [0.25, 0.3) is 11.1 Å². The molecule has 4 N–H and O–H groups in total. The van der Waals surface area contributed by atoms with Gasteiger partial charge in [0.15, 0.2) is 0 Å². The fourth-order valence-corrected chi connectivity index (χ4v) is 3.13. The number of benzene rings is 2. The highest BCUT2D eigenvalue weighted by Gasteiger charge is 2.43.